The van der Waals surface area contributed by atoms with E-state index in [4.69, 9.17) is 10.5 Å². The fourth-order valence-electron chi connectivity index (χ4n) is 2.79. The number of hydrogen-bond donors (Lipinski definition) is 2. The predicted molar refractivity (Wildman–Crippen MR) is 97.9 cm³/mol. The normalized spacial score (nSPS) is 19.2. The second kappa shape index (κ2) is 6.58. The zero-order valence-electron chi connectivity index (χ0n) is 14.7. The molecule has 132 valence electrons. The van der Waals surface area contributed by atoms with Gasteiger partial charge < -0.3 is 15.8 Å². The van der Waals surface area contributed by atoms with Crippen molar-refractivity contribution in [3.63, 3.8) is 0 Å². The molecular weight excluding hydrogens is 318 g/mol. The lowest BCUT2D eigenvalue weighted by Gasteiger charge is -2.26. The molecule has 2 aliphatic rings. The van der Waals surface area contributed by atoms with E-state index < -0.39 is 11.7 Å². The second-order valence-electron chi connectivity index (χ2n) is 7.03. The highest BCUT2D eigenvalue weighted by atomic mass is 16.6. The van der Waals surface area contributed by atoms with Gasteiger partial charge in [-0.05, 0) is 44.4 Å². The first-order chi connectivity index (χ1) is 11.8. The number of hydrazone groups is 1. The van der Waals surface area contributed by atoms with Gasteiger partial charge in [-0.1, -0.05) is 24.3 Å². The van der Waals surface area contributed by atoms with Crippen LogP contribution in [0.25, 0.3) is 5.70 Å². The van der Waals surface area contributed by atoms with Crippen LogP contribution < -0.4 is 11.1 Å². The number of benzene rings is 1. The van der Waals surface area contributed by atoms with E-state index in [1.54, 1.807) is 0 Å². The van der Waals surface area contributed by atoms with Gasteiger partial charge >= 0.3 is 6.09 Å². The summed E-state index contributed by atoms with van der Waals surface area (Å²) in [7, 11) is 0. The van der Waals surface area contributed by atoms with Crippen molar-refractivity contribution in [2.24, 2.45) is 15.8 Å². The van der Waals surface area contributed by atoms with Crippen LogP contribution in [0.4, 0.5) is 4.79 Å². The Morgan fingerprint density at radius 3 is 3.00 bits per heavy atom. The number of aliphatic imine (C=N–C) groups is 1. The minimum atomic E-state index is -0.511. The maximum Gasteiger partial charge on any atom is 0.407 e. The Labute approximate surface area is 147 Å². The lowest BCUT2D eigenvalue weighted by Crippen LogP contribution is -2.40. The highest BCUT2D eigenvalue weighted by Gasteiger charge is 2.31. The van der Waals surface area contributed by atoms with E-state index in [1.165, 1.54) is 6.34 Å². The van der Waals surface area contributed by atoms with Crippen LogP contribution in [-0.4, -0.2) is 34.9 Å². The van der Waals surface area contributed by atoms with Crippen molar-refractivity contribution in [2.75, 3.05) is 0 Å². The average molecular weight is 341 g/mol. The van der Waals surface area contributed by atoms with Crippen molar-refractivity contribution in [1.82, 2.24) is 10.3 Å². The molecule has 1 aromatic rings. The minimum absolute atomic E-state index is 0.0106. The molecule has 1 aromatic carbocycles. The fraction of sp³-hybridized carbons (Fsp3) is 0.389. The zero-order valence-corrected chi connectivity index (χ0v) is 14.7. The molecule has 0 aliphatic carbocycles. The third-order valence-corrected chi connectivity index (χ3v) is 3.86. The first kappa shape index (κ1) is 17.0. The van der Waals surface area contributed by atoms with Crippen molar-refractivity contribution >= 4 is 24.0 Å². The van der Waals surface area contributed by atoms with Gasteiger partial charge in [0.05, 0.1) is 5.70 Å². The molecule has 2 aliphatic heterocycles. The number of amides is 1. The third-order valence-electron chi connectivity index (χ3n) is 3.86. The predicted octanol–water partition coefficient (Wildman–Crippen LogP) is 2.44. The Kier molecular flexibility index (Phi) is 4.48. The zero-order chi connectivity index (χ0) is 18.0. The van der Waals surface area contributed by atoms with Crippen LogP contribution in [-0.2, 0) is 11.3 Å². The van der Waals surface area contributed by atoms with Crippen LogP contribution in [0.3, 0.4) is 0 Å². The van der Waals surface area contributed by atoms with Crippen molar-refractivity contribution in [2.45, 2.75) is 45.4 Å². The minimum Gasteiger partial charge on any atom is -0.444 e. The number of ether oxygens (including phenoxy) is 1. The fourth-order valence-corrected chi connectivity index (χ4v) is 2.79. The average Bonchev–Trinajstić information content (AvgIpc) is 2.97. The largest absolute Gasteiger partial charge is 0.444 e. The van der Waals surface area contributed by atoms with E-state index in [2.05, 4.69) is 21.5 Å². The first-order valence-electron chi connectivity index (χ1n) is 8.25. The number of fused-ring (bicyclic) bond motifs is 1. The maximum atomic E-state index is 11.8. The molecule has 0 bridgehead atoms. The Morgan fingerprint density at radius 1 is 1.44 bits per heavy atom. The third kappa shape index (κ3) is 3.99. The number of carbonyl (C=O) groups is 1. The quantitative estimate of drug-likeness (QED) is 0.883. The van der Waals surface area contributed by atoms with Crippen LogP contribution in [0.15, 0.2) is 40.4 Å². The van der Waals surface area contributed by atoms with E-state index >= 15 is 0 Å². The number of hydrogen-bond acceptors (Lipinski definition) is 6. The summed E-state index contributed by atoms with van der Waals surface area (Å²) in [6.45, 7) is 5.91. The van der Waals surface area contributed by atoms with Crippen molar-refractivity contribution in [3.05, 3.63) is 41.5 Å². The topological polar surface area (TPSA) is 92.3 Å². The smallest absolute Gasteiger partial charge is 0.407 e. The number of nitrogens with one attached hydrogen (secondary N) is 1. The molecule has 0 spiro atoms. The number of carbonyl (C=O) groups excluding carboxylic acids is 1. The van der Waals surface area contributed by atoms with Crippen LogP contribution in [0.5, 0.6) is 0 Å². The molecule has 0 radical (unpaired) electrons. The van der Waals surface area contributed by atoms with Gasteiger partial charge in [-0.3, -0.25) is 5.01 Å². The highest BCUT2D eigenvalue weighted by molar-refractivity contribution is 5.95. The Morgan fingerprint density at radius 2 is 2.24 bits per heavy atom. The number of nitrogens with two attached hydrogens (primary N) is 1. The van der Waals surface area contributed by atoms with Crippen LogP contribution in [0.1, 0.15) is 38.3 Å². The van der Waals surface area contributed by atoms with E-state index in [9.17, 15) is 4.79 Å². The standard InChI is InChI=1S/C18H23N5O2/c1-18(2,3)25-17(24)20-10-12-5-4-6-13(9-12)14-7-8-15-16(19)21-11-22-23(14)15/h4-7,9,11,15H,8,10H2,1-3H3,(H,20,24)(H2,19,21,22). The van der Waals surface area contributed by atoms with Gasteiger partial charge in [-0.15, -0.1) is 0 Å². The summed E-state index contributed by atoms with van der Waals surface area (Å²) >= 11 is 0. The lowest BCUT2D eigenvalue weighted by molar-refractivity contribution is 0.0523. The van der Waals surface area contributed by atoms with Crippen molar-refractivity contribution in [1.29, 1.82) is 0 Å². The van der Waals surface area contributed by atoms with Gasteiger partial charge in [0.25, 0.3) is 0 Å². The van der Waals surface area contributed by atoms with Gasteiger partial charge in [0, 0.05) is 6.54 Å². The van der Waals surface area contributed by atoms with E-state index in [0.717, 1.165) is 23.2 Å². The summed E-state index contributed by atoms with van der Waals surface area (Å²) in [5, 5.41) is 8.99. The van der Waals surface area contributed by atoms with Crippen LogP contribution >= 0.6 is 0 Å². The molecule has 0 saturated heterocycles. The molecule has 7 heteroatoms. The number of amidine groups is 1. The Hall–Kier alpha value is -2.83. The Balaban J connectivity index is 1.68. The summed E-state index contributed by atoms with van der Waals surface area (Å²) in [6, 6.07) is 7.96. The number of rotatable bonds is 3. The second-order valence-corrected chi connectivity index (χ2v) is 7.03. The van der Waals surface area contributed by atoms with E-state index in [-0.39, 0.29) is 6.04 Å². The summed E-state index contributed by atoms with van der Waals surface area (Å²) in [5.41, 5.74) is 8.44. The highest BCUT2D eigenvalue weighted by Crippen LogP contribution is 2.31. The molecule has 2 heterocycles. The lowest BCUT2D eigenvalue weighted by atomic mass is 10.1. The summed E-state index contributed by atoms with van der Waals surface area (Å²) in [6.07, 6.45) is 3.93. The summed E-state index contributed by atoms with van der Waals surface area (Å²) in [4.78, 5) is 15.9. The van der Waals surface area contributed by atoms with Crippen LogP contribution in [0, 0.1) is 0 Å². The molecular formula is C18H23N5O2. The maximum absolute atomic E-state index is 11.8. The first-order valence-corrected chi connectivity index (χ1v) is 8.25. The van der Waals surface area contributed by atoms with Gasteiger partial charge in [0.1, 0.15) is 23.8 Å². The number of alkyl carbamates (subject to hydrolysis) is 1. The summed E-state index contributed by atoms with van der Waals surface area (Å²) < 4.78 is 5.26. The number of nitrogens with zero attached hydrogens (tertiary/aromatic N) is 3. The van der Waals surface area contributed by atoms with Gasteiger partial charge in [0.2, 0.25) is 0 Å². The Bertz CT molecular complexity index is 761. The molecule has 7 nitrogen and oxygen atoms in total. The molecule has 1 amide bonds. The molecule has 1 unspecified atom stereocenters. The van der Waals surface area contributed by atoms with Crippen molar-refractivity contribution in [3.8, 4) is 0 Å². The van der Waals surface area contributed by atoms with Crippen molar-refractivity contribution < 1.29 is 9.53 Å². The molecule has 0 aromatic heterocycles. The monoisotopic (exact) mass is 341 g/mol. The molecule has 3 rings (SSSR count). The van der Waals surface area contributed by atoms with Gasteiger partial charge in [0.15, 0.2) is 0 Å². The van der Waals surface area contributed by atoms with Crippen LogP contribution in [0.2, 0.25) is 0 Å². The van der Waals surface area contributed by atoms with Gasteiger partial charge in [-0.2, -0.15) is 5.10 Å². The molecule has 0 fully saturated rings. The molecule has 1 atom stereocenters. The molecule has 0 saturated carbocycles. The van der Waals surface area contributed by atoms with E-state index in [0.29, 0.717) is 12.4 Å². The van der Waals surface area contributed by atoms with Gasteiger partial charge in [-0.25, -0.2) is 9.79 Å². The summed E-state index contributed by atoms with van der Waals surface area (Å²) in [5.74, 6) is 0.573. The molecule has 25 heavy (non-hydrogen) atoms. The van der Waals surface area contributed by atoms with E-state index in [1.807, 2.05) is 50.0 Å². The SMILES string of the molecule is CC(C)(C)OC(=O)NCc1cccc(C2=CCC3C(N)=NC=NN23)c1. The molecule has 3 N–H and O–H groups in total.